The highest BCUT2D eigenvalue weighted by molar-refractivity contribution is 6.33. The first-order chi connectivity index (χ1) is 22.8. The van der Waals surface area contributed by atoms with E-state index in [0.717, 1.165) is 31.0 Å². The van der Waals surface area contributed by atoms with Gasteiger partial charge in [-0.1, -0.05) is 18.5 Å². The van der Waals surface area contributed by atoms with Gasteiger partial charge in [0.1, 0.15) is 12.9 Å². The smallest absolute Gasteiger partial charge is 0.416 e. The number of carbonyl (C=O) groups is 2. The number of aromatic hydroxyl groups is 1. The Bertz CT molecular complexity index is 2060. The summed E-state index contributed by atoms with van der Waals surface area (Å²) in [5.74, 6) is -1.20. The summed E-state index contributed by atoms with van der Waals surface area (Å²) in [5, 5.41) is 12.8. The summed E-state index contributed by atoms with van der Waals surface area (Å²) in [6.07, 6.45) is 1.69. The zero-order valence-corrected chi connectivity index (χ0v) is 26.8. The molecule has 7 rings (SSSR count). The molecule has 3 aromatic heterocycles. The van der Waals surface area contributed by atoms with Crippen molar-refractivity contribution in [2.24, 2.45) is 0 Å². The van der Waals surface area contributed by atoms with Crippen LogP contribution < -0.4 is 10.7 Å². The van der Waals surface area contributed by atoms with Crippen LogP contribution in [-0.4, -0.2) is 59.4 Å². The molecule has 11 nitrogen and oxygen atoms in total. The topological polar surface area (TPSA) is 143 Å². The molecule has 4 aromatic rings. The molecule has 2 N–H and O–H groups in total. The fraction of sp³-hybridized carbons (Fsp3) is 0.424. The molecular formula is C33H31ClF3N7O4. The van der Waals surface area contributed by atoms with Crippen LogP contribution >= 0.6 is 11.6 Å². The van der Waals surface area contributed by atoms with E-state index in [1.807, 2.05) is 6.92 Å². The van der Waals surface area contributed by atoms with Crippen LogP contribution in [0.1, 0.15) is 89.6 Å². The van der Waals surface area contributed by atoms with Gasteiger partial charge in [-0.25, -0.2) is 19.9 Å². The molecule has 1 saturated heterocycles. The van der Waals surface area contributed by atoms with E-state index in [0.29, 0.717) is 55.0 Å². The Morgan fingerprint density at radius 2 is 1.88 bits per heavy atom. The summed E-state index contributed by atoms with van der Waals surface area (Å²) in [5.41, 5.74) is 0.784. The number of fused-ring (bicyclic) bond motifs is 3. The molecule has 0 unspecified atom stereocenters. The van der Waals surface area contributed by atoms with Crippen LogP contribution in [0.2, 0.25) is 5.02 Å². The first kappa shape index (κ1) is 32.0. The Morgan fingerprint density at radius 1 is 1.15 bits per heavy atom. The molecule has 4 heterocycles. The zero-order valence-electron chi connectivity index (χ0n) is 26.1. The maximum atomic E-state index is 14.4. The maximum absolute atomic E-state index is 14.4. The lowest BCUT2D eigenvalue weighted by Gasteiger charge is -2.39. The number of hydrogen-bond acceptors (Lipinski definition) is 8. The molecule has 0 bridgehead atoms. The SMILES string of the molecule is Cc1ncnc(C(=O)N2CCC3(CC2)C[C@H](C)c2c3c(=O)c3nc(C4CC4)cnc3n2CC(=O)Nc2ccc(C(F)(F)F)cc2Cl)c1O. The second-order valence-electron chi connectivity index (χ2n) is 13.0. The number of rotatable bonds is 5. The van der Waals surface area contributed by atoms with Crippen LogP contribution in [0.5, 0.6) is 5.75 Å². The predicted octanol–water partition coefficient (Wildman–Crippen LogP) is 5.47. The zero-order chi connectivity index (χ0) is 34.1. The number of aromatic nitrogens is 5. The fourth-order valence-electron chi connectivity index (χ4n) is 7.27. The van der Waals surface area contributed by atoms with E-state index in [1.165, 1.54) is 6.33 Å². The maximum Gasteiger partial charge on any atom is 0.416 e. The number of benzene rings is 1. The van der Waals surface area contributed by atoms with Gasteiger partial charge in [0.15, 0.2) is 22.6 Å². The first-order valence-corrected chi connectivity index (χ1v) is 16.1. The molecule has 0 radical (unpaired) electrons. The lowest BCUT2D eigenvalue weighted by molar-refractivity contribution is -0.137. The van der Waals surface area contributed by atoms with Crippen molar-refractivity contribution in [1.82, 2.24) is 29.4 Å². The van der Waals surface area contributed by atoms with Crippen LogP contribution in [0, 0.1) is 6.92 Å². The van der Waals surface area contributed by atoms with Crippen LogP contribution in [0.25, 0.3) is 11.2 Å². The van der Waals surface area contributed by atoms with Gasteiger partial charge in [-0.05, 0) is 63.1 Å². The summed E-state index contributed by atoms with van der Waals surface area (Å²) in [6.45, 7) is 3.90. The normalized spacial score (nSPS) is 18.7. The minimum atomic E-state index is -4.59. The standard InChI is InChI=1S/C33H31ClF3N7O4/c1-16-12-32(7-9-43(10-8-32)31(48)26-28(46)17(2)39-15-40-26)24-27(16)44(30-25(29(24)47)42-22(13-38-30)18-3-4-18)14-23(45)41-21-6-5-19(11-20(21)34)33(35,36)37/h5-6,11,13,15-16,18,46H,3-4,7-10,12,14H2,1-2H3,(H,41,45)/t16-/m0/s1. The molecular weight excluding hydrogens is 651 g/mol. The van der Waals surface area contributed by atoms with E-state index in [-0.39, 0.29) is 57.1 Å². The van der Waals surface area contributed by atoms with Crippen molar-refractivity contribution in [1.29, 1.82) is 0 Å². The van der Waals surface area contributed by atoms with Gasteiger partial charge in [-0.3, -0.25) is 14.4 Å². The molecule has 1 saturated carbocycles. The highest BCUT2D eigenvalue weighted by atomic mass is 35.5. The number of pyridine rings is 1. The third-order valence-electron chi connectivity index (χ3n) is 9.79. The molecule has 1 aliphatic heterocycles. The average Bonchev–Trinajstić information content (AvgIpc) is 3.85. The van der Waals surface area contributed by atoms with Crippen LogP contribution in [-0.2, 0) is 22.9 Å². The van der Waals surface area contributed by atoms with Crippen molar-refractivity contribution in [3.63, 3.8) is 0 Å². The van der Waals surface area contributed by atoms with E-state index < -0.39 is 29.0 Å². The minimum absolute atomic E-state index is 0.0187. The largest absolute Gasteiger partial charge is 0.504 e. The average molecular weight is 682 g/mol. The molecule has 2 fully saturated rings. The lowest BCUT2D eigenvalue weighted by Crippen LogP contribution is -2.46. The van der Waals surface area contributed by atoms with Gasteiger partial charge in [0.2, 0.25) is 11.3 Å². The van der Waals surface area contributed by atoms with Crippen molar-refractivity contribution in [3.8, 4) is 5.75 Å². The minimum Gasteiger partial charge on any atom is -0.504 e. The molecule has 250 valence electrons. The van der Waals surface area contributed by atoms with Crippen molar-refractivity contribution in [2.45, 2.75) is 75.9 Å². The molecule has 3 aliphatic rings. The molecule has 48 heavy (non-hydrogen) atoms. The van der Waals surface area contributed by atoms with Gasteiger partial charge in [0.05, 0.1) is 33.9 Å². The van der Waals surface area contributed by atoms with Gasteiger partial charge >= 0.3 is 6.18 Å². The van der Waals surface area contributed by atoms with E-state index in [1.54, 1.807) is 22.6 Å². The second-order valence-corrected chi connectivity index (χ2v) is 13.4. The Hall–Kier alpha value is -4.59. The summed E-state index contributed by atoms with van der Waals surface area (Å²) < 4.78 is 41.2. The van der Waals surface area contributed by atoms with Crippen molar-refractivity contribution >= 4 is 40.3 Å². The first-order valence-electron chi connectivity index (χ1n) is 15.7. The molecule has 1 aromatic carbocycles. The fourth-order valence-corrected chi connectivity index (χ4v) is 7.49. The van der Waals surface area contributed by atoms with Gasteiger partial charge in [0.25, 0.3) is 5.91 Å². The Morgan fingerprint density at radius 3 is 2.54 bits per heavy atom. The Labute approximate surface area is 277 Å². The number of aryl methyl sites for hydroxylation is 1. The molecule has 2 amide bonds. The number of alkyl halides is 3. The second kappa shape index (κ2) is 11.5. The number of carbonyl (C=O) groups excluding carboxylic acids is 2. The number of halogens is 4. The lowest BCUT2D eigenvalue weighted by atomic mass is 9.73. The third-order valence-corrected chi connectivity index (χ3v) is 10.1. The number of amides is 2. The van der Waals surface area contributed by atoms with Gasteiger partial charge in [0, 0.05) is 35.7 Å². The van der Waals surface area contributed by atoms with Crippen molar-refractivity contribution in [3.05, 3.63) is 79.9 Å². The molecule has 1 atom stereocenters. The summed E-state index contributed by atoms with van der Waals surface area (Å²) >= 11 is 6.12. The van der Waals surface area contributed by atoms with Crippen molar-refractivity contribution in [2.75, 3.05) is 18.4 Å². The van der Waals surface area contributed by atoms with E-state index in [4.69, 9.17) is 16.6 Å². The number of anilines is 1. The monoisotopic (exact) mass is 681 g/mol. The Kier molecular flexibility index (Phi) is 7.68. The van der Waals surface area contributed by atoms with Gasteiger partial charge < -0.3 is 19.9 Å². The van der Waals surface area contributed by atoms with Crippen LogP contribution in [0.4, 0.5) is 18.9 Å². The molecule has 2 aliphatic carbocycles. The van der Waals surface area contributed by atoms with Crippen LogP contribution in [0.15, 0.2) is 35.5 Å². The number of hydrogen-bond donors (Lipinski definition) is 2. The van der Waals surface area contributed by atoms with E-state index in [2.05, 4.69) is 20.3 Å². The summed E-state index contributed by atoms with van der Waals surface area (Å²) in [6, 6.07) is 2.70. The van der Waals surface area contributed by atoms with E-state index >= 15 is 0 Å². The highest BCUT2D eigenvalue weighted by Crippen LogP contribution is 2.51. The number of nitrogens with one attached hydrogen (secondary N) is 1. The number of nitrogens with zero attached hydrogens (tertiary/aromatic N) is 6. The quantitative estimate of drug-likeness (QED) is 0.283. The highest BCUT2D eigenvalue weighted by Gasteiger charge is 2.49. The molecule has 15 heteroatoms. The van der Waals surface area contributed by atoms with E-state index in [9.17, 15) is 32.7 Å². The van der Waals surface area contributed by atoms with Crippen molar-refractivity contribution < 1.29 is 27.9 Å². The summed E-state index contributed by atoms with van der Waals surface area (Å²) in [4.78, 5) is 60.1. The Balaban J connectivity index is 1.25. The number of likely N-dealkylation sites (tertiary alicyclic amines) is 1. The molecule has 1 spiro atoms. The summed E-state index contributed by atoms with van der Waals surface area (Å²) in [7, 11) is 0. The third kappa shape index (κ3) is 5.45. The van der Waals surface area contributed by atoms with Gasteiger partial charge in [-0.15, -0.1) is 0 Å². The van der Waals surface area contributed by atoms with Crippen LogP contribution in [0.3, 0.4) is 0 Å². The number of piperidine rings is 1. The van der Waals surface area contributed by atoms with Gasteiger partial charge in [-0.2, -0.15) is 13.2 Å². The predicted molar refractivity (Wildman–Crippen MR) is 169 cm³/mol.